The number of amides is 1. The maximum Gasteiger partial charge on any atom is 0.416 e. The number of nitrogens with zero attached hydrogens (tertiary/aromatic N) is 3. The average molecular weight is 649 g/mol. The first-order chi connectivity index (χ1) is 21.1. The molecular weight excluding hydrogens is 613 g/mol. The minimum atomic E-state index is -4.74. The highest BCUT2D eigenvalue weighted by Gasteiger charge is 2.34. The quantitative estimate of drug-likeness (QED) is 0.278. The average Bonchev–Trinajstić information content (AvgIpc) is 2.99. The fourth-order valence-corrected chi connectivity index (χ4v) is 5.83. The number of rotatable bonds is 10. The molecule has 1 aliphatic heterocycles. The second-order valence-electron chi connectivity index (χ2n) is 11.5. The lowest BCUT2D eigenvalue weighted by Gasteiger charge is -2.34. The second-order valence-corrected chi connectivity index (χ2v) is 13.2. The number of carbonyl (C=O) groups excluding carboxylic acids is 2. The highest BCUT2D eigenvalue weighted by atomic mass is 32.2. The van der Waals surface area contributed by atoms with Crippen molar-refractivity contribution in [1.82, 2.24) is 20.0 Å². The van der Waals surface area contributed by atoms with Crippen LogP contribution in [0.3, 0.4) is 0 Å². The Morgan fingerprint density at radius 2 is 1.64 bits per heavy atom. The summed E-state index contributed by atoms with van der Waals surface area (Å²) in [6, 6.07) is 10.5. The highest BCUT2D eigenvalue weighted by Crippen LogP contribution is 2.34. The molecule has 0 aliphatic carbocycles. The van der Waals surface area contributed by atoms with Crippen LogP contribution in [0.15, 0.2) is 71.9 Å². The van der Waals surface area contributed by atoms with Crippen LogP contribution in [0.5, 0.6) is 0 Å². The first-order valence-corrected chi connectivity index (χ1v) is 15.7. The molecule has 2 heterocycles. The van der Waals surface area contributed by atoms with E-state index >= 15 is 0 Å². The predicted molar refractivity (Wildman–Crippen MR) is 161 cm³/mol. The third-order valence-electron chi connectivity index (χ3n) is 6.78. The highest BCUT2D eigenvalue weighted by molar-refractivity contribution is 7.89. The molecule has 1 amide bonds. The number of halogens is 3. The van der Waals surface area contributed by atoms with Crippen LogP contribution >= 0.6 is 0 Å². The van der Waals surface area contributed by atoms with E-state index in [9.17, 15) is 31.2 Å². The number of piperidine rings is 1. The molecule has 1 unspecified atom stereocenters. The summed E-state index contributed by atoms with van der Waals surface area (Å²) in [4.78, 5) is 36.1. The van der Waals surface area contributed by atoms with E-state index in [-0.39, 0.29) is 22.2 Å². The number of nitrogens with one attached hydrogen (secondary N) is 3. The van der Waals surface area contributed by atoms with Crippen molar-refractivity contribution in [2.75, 3.05) is 29.9 Å². The fraction of sp³-hybridized carbons (Fsp3) is 0.400. The molecule has 15 heteroatoms. The van der Waals surface area contributed by atoms with Crippen LogP contribution in [0, 0.1) is 0 Å². The van der Waals surface area contributed by atoms with Crippen molar-refractivity contribution in [3.05, 3.63) is 78.1 Å². The van der Waals surface area contributed by atoms with Crippen LogP contribution in [0.1, 0.15) is 49.5 Å². The van der Waals surface area contributed by atoms with Gasteiger partial charge in [-0.1, -0.05) is 18.2 Å². The molecule has 1 fully saturated rings. The van der Waals surface area contributed by atoms with Gasteiger partial charge < -0.3 is 20.3 Å². The second kappa shape index (κ2) is 13.8. The van der Waals surface area contributed by atoms with E-state index in [0.29, 0.717) is 31.9 Å². The molecule has 45 heavy (non-hydrogen) atoms. The van der Waals surface area contributed by atoms with E-state index in [1.165, 1.54) is 30.3 Å². The van der Waals surface area contributed by atoms with Crippen LogP contribution < -0.4 is 20.3 Å². The van der Waals surface area contributed by atoms with E-state index in [2.05, 4.69) is 25.3 Å². The SMILES string of the molecule is CC(C)(C)OC(=O)C(CNC(=O)c1cc(N2CCC(Nc3ncccn3)CC2)cc(C(F)(F)F)c1)NS(=O)(=O)c1ccccc1. The third-order valence-corrected chi connectivity index (χ3v) is 8.26. The molecule has 1 atom stereocenters. The Hall–Kier alpha value is -4.24. The molecule has 2 aromatic carbocycles. The van der Waals surface area contributed by atoms with Crippen molar-refractivity contribution >= 4 is 33.5 Å². The topological polar surface area (TPSA) is 143 Å². The van der Waals surface area contributed by atoms with Gasteiger partial charge in [-0.3, -0.25) is 9.59 Å². The molecule has 1 aliphatic rings. The van der Waals surface area contributed by atoms with Crippen LogP contribution in [-0.2, 0) is 25.7 Å². The maximum atomic E-state index is 13.9. The Labute approximate surface area is 259 Å². The summed E-state index contributed by atoms with van der Waals surface area (Å²) in [7, 11) is -4.22. The van der Waals surface area contributed by atoms with Crippen molar-refractivity contribution in [3.63, 3.8) is 0 Å². The number of hydrogen-bond donors (Lipinski definition) is 3. The van der Waals surface area contributed by atoms with Crippen LogP contribution in [-0.4, -0.2) is 67.6 Å². The molecule has 3 N–H and O–H groups in total. The Kier molecular flexibility index (Phi) is 10.3. The number of alkyl halides is 3. The van der Waals surface area contributed by atoms with Gasteiger partial charge in [0.25, 0.3) is 5.91 Å². The minimum absolute atomic E-state index is 0.0154. The van der Waals surface area contributed by atoms with Gasteiger partial charge in [0.05, 0.1) is 10.5 Å². The van der Waals surface area contributed by atoms with Gasteiger partial charge in [0.1, 0.15) is 11.6 Å². The Morgan fingerprint density at radius 1 is 1.00 bits per heavy atom. The smallest absolute Gasteiger partial charge is 0.416 e. The number of anilines is 2. The van der Waals surface area contributed by atoms with Crippen LogP contribution in [0.25, 0.3) is 0 Å². The van der Waals surface area contributed by atoms with Gasteiger partial charge in [-0.15, -0.1) is 0 Å². The van der Waals surface area contributed by atoms with E-state index in [4.69, 9.17) is 4.74 Å². The number of esters is 1. The van der Waals surface area contributed by atoms with Crippen molar-refractivity contribution in [3.8, 4) is 0 Å². The number of hydrogen-bond acceptors (Lipinski definition) is 9. The van der Waals surface area contributed by atoms with Crippen LogP contribution in [0.2, 0.25) is 0 Å². The zero-order valence-electron chi connectivity index (χ0n) is 25.0. The van der Waals surface area contributed by atoms with Crippen LogP contribution in [0.4, 0.5) is 24.8 Å². The number of ether oxygens (including phenoxy) is 1. The molecule has 242 valence electrons. The van der Waals surface area contributed by atoms with Gasteiger partial charge in [-0.05, 0) is 70.0 Å². The maximum absolute atomic E-state index is 13.9. The minimum Gasteiger partial charge on any atom is -0.459 e. The normalized spacial score (nSPS) is 15.3. The predicted octanol–water partition coefficient (Wildman–Crippen LogP) is 3.99. The Morgan fingerprint density at radius 3 is 2.24 bits per heavy atom. The molecule has 11 nitrogen and oxygen atoms in total. The molecule has 1 saturated heterocycles. The van der Waals surface area contributed by atoms with Crippen molar-refractivity contribution in [2.24, 2.45) is 0 Å². The lowest BCUT2D eigenvalue weighted by Crippen LogP contribution is -2.50. The number of aromatic nitrogens is 2. The van der Waals surface area contributed by atoms with Gasteiger partial charge in [-0.2, -0.15) is 17.9 Å². The summed E-state index contributed by atoms with van der Waals surface area (Å²) in [5.41, 5.74) is -2.09. The summed E-state index contributed by atoms with van der Waals surface area (Å²) < 4.78 is 75.2. The number of benzene rings is 2. The van der Waals surface area contributed by atoms with Gasteiger partial charge >= 0.3 is 12.1 Å². The summed E-state index contributed by atoms with van der Waals surface area (Å²) in [5.74, 6) is -1.43. The zero-order chi connectivity index (χ0) is 32.8. The summed E-state index contributed by atoms with van der Waals surface area (Å²) in [5, 5.41) is 5.62. The molecule has 4 rings (SSSR count). The lowest BCUT2D eigenvalue weighted by molar-refractivity contribution is -0.156. The molecule has 1 aromatic heterocycles. The van der Waals surface area contributed by atoms with E-state index < -0.39 is 51.8 Å². The molecule has 0 saturated carbocycles. The van der Waals surface area contributed by atoms with Crippen molar-refractivity contribution < 1.29 is 35.9 Å². The number of carbonyl (C=O) groups is 2. The molecule has 0 bridgehead atoms. The van der Waals surface area contributed by atoms with Gasteiger partial charge in [-0.25, -0.2) is 18.4 Å². The largest absolute Gasteiger partial charge is 0.459 e. The summed E-state index contributed by atoms with van der Waals surface area (Å²) in [6.45, 7) is 5.01. The molecule has 3 aromatic rings. The summed E-state index contributed by atoms with van der Waals surface area (Å²) in [6.07, 6.45) is -0.342. The van der Waals surface area contributed by atoms with Gasteiger partial charge in [0, 0.05) is 49.3 Å². The first kappa shape index (κ1) is 33.6. The first-order valence-electron chi connectivity index (χ1n) is 14.2. The van der Waals surface area contributed by atoms with E-state index in [1.54, 1.807) is 50.2 Å². The summed E-state index contributed by atoms with van der Waals surface area (Å²) >= 11 is 0. The van der Waals surface area contributed by atoms with Gasteiger partial charge in [0.2, 0.25) is 16.0 Å². The monoisotopic (exact) mass is 648 g/mol. The van der Waals surface area contributed by atoms with Crippen molar-refractivity contribution in [2.45, 2.75) is 62.4 Å². The number of sulfonamides is 1. The Bertz CT molecular complexity index is 1580. The standard InChI is InChI=1S/C30H35F3N6O5S/c1-29(2,3)44-27(41)25(38-45(42,43)24-8-5-4-6-9-24)19-36-26(40)20-16-21(30(31,32)33)18-23(17-20)39-14-10-22(11-15-39)37-28-34-12-7-13-35-28/h4-9,12-13,16-18,22,25,38H,10-11,14-15,19H2,1-3H3,(H,36,40)(H,34,35,37). The molecule has 0 radical (unpaired) electrons. The van der Waals surface area contributed by atoms with Crippen molar-refractivity contribution in [1.29, 1.82) is 0 Å². The lowest BCUT2D eigenvalue weighted by atomic mass is 10.0. The molecule has 0 spiro atoms. The van der Waals surface area contributed by atoms with Gasteiger partial charge in [0.15, 0.2) is 0 Å². The third kappa shape index (κ3) is 9.62. The Balaban J connectivity index is 1.51. The van der Waals surface area contributed by atoms with E-state index in [1.807, 2.05) is 0 Å². The fourth-order valence-electron chi connectivity index (χ4n) is 4.62. The zero-order valence-corrected chi connectivity index (χ0v) is 25.8. The molecular formula is C30H35F3N6O5S. The van der Waals surface area contributed by atoms with E-state index in [0.717, 1.165) is 12.1 Å².